The van der Waals surface area contributed by atoms with Crippen molar-refractivity contribution < 1.29 is 47.8 Å². The normalized spacial score (nSPS) is 22.9. The molecule has 0 saturated carbocycles. The van der Waals surface area contributed by atoms with Gasteiger partial charge >= 0.3 is 40.8 Å². The molecule has 0 aliphatic carbocycles. The molecule has 204 valence electrons. The van der Waals surface area contributed by atoms with Gasteiger partial charge in [-0.25, -0.2) is 4.79 Å². The highest BCUT2D eigenvalue weighted by atomic mass is 16.7. The van der Waals surface area contributed by atoms with Crippen LogP contribution in [0.4, 0.5) is 11.5 Å². The Labute approximate surface area is 208 Å². The molecular weight excluding hydrogens is 504 g/mol. The van der Waals surface area contributed by atoms with E-state index in [-0.39, 0.29) is 0 Å². The average Bonchev–Trinajstić information content (AvgIpc) is 2.77. The van der Waals surface area contributed by atoms with Gasteiger partial charge in [-0.3, -0.25) is 43.2 Å². The summed E-state index contributed by atoms with van der Waals surface area (Å²) in [5, 5.41) is 14.2. The summed E-state index contributed by atoms with van der Waals surface area (Å²) in [6.07, 6.45) is -7.66. The minimum absolute atomic E-state index is 0.510. The Morgan fingerprint density at radius 2 is 1.41 bits per heavy atom. The lowest BCUT2D eigenvalue weighted by atomic mass is 9.97. The molecule has 0 radical (unpaired) electrons. The van der Waals surface area contributed by atoms with Crippen LogP contribution in [0.5, 0.6) is 0 Å². The second-order valence-electron chi connectivity index (χ2n) is 7.92. The van der Waals surface area contributed by atoms with Crippen LogP contribution in [0, 0.1) is 10.1 Å². The van der Waals surface area contributed by atoms with E-state index in [0.29, 0.717) is 4.57 Å². The topological polar surface area (TPSA) is 214 Å². The van der Waals surface area contributed by atoms with Crippen molar-refractivity contribution in [1.82, 2.24) is 9.13 Å². The van der Waals surface area contributed by atoms with E-state index in [9.17, 15) is 38.9 Å². The van der Waals surface area contributed by atoms with Crippen LogP contribution in [0.15, 0.2) is 9.59 Å². The van der Waals surface area contributed by atoms with Crippen LogP contribution in [0.3, 0.4) is 0 Å². The van der Waals surface area contributed by atoms with Crippen molar-refractivity contribution in [3.8, 4) is 0 Å². The standard InChI is InChI=1S/C20H26N4O13/c1-8(25)33-7-12-14(34-9(2)26)15(35-10(3)27)16(36-11(4)28)18(37-12)21-17-13(24(31)32)19(29)23(6)20(30)22(17)5/h12,14-16,18,21H,7H2,1-6H3. The molecule has 17 heteroatoms. The van der Waals surface area contributed by atoms with Crippen LogP contribution in [0.1, 0.15) is 27.7 Å². The number of nitrogens with zero attached hydrogens (tertiary/aromatic N) is 3. The molecule has 2 heterocycles. The number of rotatable bonds is 8. The zero-order valence-electron chi connectivity index (χ0n) is 20.7. The van der Waals surface area contributed by atoms with Crippen molar-refractivity contribution in [2.24, 2.45) is 14.1 Å². The molecule has 37 heavy (non-hydrogen) atoms. The molecule has 0 amide bonds. The van der Waals surface area contributed by atoms with Crippen LogP contribution < -0.4 is 16.6 Å². The third kappa shape index (κ3) is 6.69. The minimum atomic E-state index is -1.64. The van der Waals surface area contributed by atoms with Crippen molar-refractivity contribution in [1.29, 1.82) is 0 Å². The van der Waals surface area contributed by atoms with Crippen molar-refractivity contribution in [2.75, 3.05) is 11.9 Å². The van der Waals surface area contributed by atoms with Crippen molar-refractivity contribution in [3.63, 3.8) is 0 Å². The number of carbonyl (C=O) groups is 4. The molecule has 1 saturated heterocycles. The van der Waals surface area contributed by atoms with Gasteiger partial charge in [-0.2, -0.15) is 0 Å². The largest absolute Gasteiger partial charge is 0.463 e. The van der Waals surface area contributed by atoms with E-state index in [1.165, 1.54) is 0 Å². The zero-order chi connectivity index (χ0) is 28.2. The maximum atomic E-state index is 12.5. The fourth-order valence-electron chi connectivity index (χ4n) is 3.64. The summed E-state index contributed by atoms with van der Waals surface area (Å²) in [5.41, 5.74) is -3.23. The van der Waals surface area contributed by atoms with Gasteiger partial charge in [0.1, 0.15) is 12.7 Å². The van der Waals surface area contributed by atoms with Crippen LogP contribution in [0.2, 0.25) is 0 Å². The molecule has 1 aliphatic rings. The molecular formula is C20H26N4O13. The fourth-order valence-corrected chi connectivity index (χ4v) is 3.64. The lowest BCUT2D eigenvalue weighted by molar-refractivity contribution is -0.386. The number of hydrogen-bond donors (Lipinski definition) is 1. The smallest absolute Gasteiger partial charge is 0.374 e. The van der Waals surface area contributed by atoms with Crippen LogP contribution >= 0.6 is 0 Å². The molecule has 1 fully saturated rings. The van der Waals surface area contributed by atoms with Crippen molar-refractivity contribution in [3.05, 3.63) is 31.0 Å². The first-order chi connectivity index (χ1) is 17.1. The van der Waals surface area contributed by atoms with Gasteiger partial charge in [-0.05, 0) is 0 Å². The first kappa shape index (κ1) is 29.0. The van der Waals surface area contributed by atoms with Gasteiger partial charge < -0.3 is 29.0 Å². The number of anilines is 1. The summed E-state index contributed by atoms with van der Waals surface area (Å²) in [7, 11) is 2.16. The average molecular weight is 530 g/mol. The number of carbonyl (C=O) groups excluding carboxylic acids is 4. The second kappa shape index (κ2) is 11.6. The van der Waals surface area contributed by atoms with Crippen LogP contribution in [-0.2, 0) is 57.0 Å². The molecule has 0 spiro atoms. The van der Waals surface area contributed by atoms with Crippen molar-refractivity contribution in [2.45, 2.75) is 58.3 Å². The molecule has 1 aliphatic heterocycles. The quantitative estimate of drug-likeness (QED) is 0.175. The highest BCUT2D eigenvalue weighted by Gasteiger charge is 2.53. The monoisotopic (exact) mass is 530 g/mol. The van der Waals surface area contributed by atoms with E-state index in [2.05, 4.69) is 5.32 Å². The molecule has 1 N–H and O–H groups in total. The maximum absolute atomic E-state index is 12.5. The Bertz CT molecular complexity index is 1220. The predicted octanol–water partition coefficient (Wildman–Crippen LogP) is -1.51. The van der Waals surface area contributed by atoms with Gasteiger partial charge in [0.2, 0.25) is 0 Å². The van der Waals surface area contributed by atoms with Gasteiger partial charge in [0.15, 0.2) is 30.4 Å². The first-order valence-corrected chi connectivity index (χ1v) is 10.7. The van der Waals surface area contributed by atoms with Gasteiger partial charge in [0.05, 0.1) is 4.92 Å². The number of ether oxygens (including phenoxy) is 5. The Balaban J connectivity index is 2.71. The Morgan fingerprint density at radius 3 is 1.89 bits per heavy atom. The lowest BCUT2D eigenvalue weighted by Gasteiger charge is -2.44. The third-order valence-electron chi connectivity index (χ3n) is 5.09. The molecule has 5 unspecified atom stereocenters. The number of nitro groups is 1. The van der Waals surface area contributed by atoms with Crippen LogP contribution in [0.25, 0.3) is 0 Å². The number of hydrogen-bond acceptors (Lipinski definition) is 14. The Kier molecular flexibility index (Phi) is 9.11. The minimum Gasteiger partial charge on any atom is -0.463 e. The second-order valence-corrected chi connectivity index (χ2v) is 7.92. The van der Waals surface area contributed by atoms with E-state index >= 15 is 0 Å². The Hall–Kier alpha value is -4.28. The number of nitrogens with one attached hydrogen (secondary N) is 1. The molecule has 2 rings (SSSR count). The maximum Gasteiger partial charge on any atom is 0.374 e. The number of aromatic nitrogens is 2. The molecule has 17 nitrogen and oxygen atoms in total. The summed E-state index contributed by atoms with van der Waals surface area (Å²) in [4.78, 5) is 82.7. The van der Waals surface area contributed by atoms with E-state index < -0.39 is 88.8 Å². The summed E-state index contributed by atoms with van der Waals surface area (Å²) in [6, 6.07) is 0. The summed E-state index contributed by atoms with van der Waals surface area (Å²) < 4.78 is 27.8. The molecule has 5 atom stereocenters. The van der Waals surface area contributed by atoms with Gasteiger partial charge in [-0.1, -0.05) is 0 Å². The summed E-state index contributed by atoms with van der Waals surface area (Å²) in [6.45, 7) is 3.60. The Morgan fingerprint density at radius 1 is 0.892 bits per heavy atom. The summed E-state index contributed by atoms with van der Waals surface area (Å²) in [5.74, 6) is -4.02. The van der Waals surface area contributed by atoms with Crippen LogP contribution in [-0.4, -0.2) is 75.2 Å². The summed E-state index contributed by atoms with van der Waals surface area (Å²) >= 11 is 0. The zero-order valence-corrected chi connectivity index (χ0v) is 20.7. The third-order valence-corrected chi connectivity index (χ3v) is 5.09. The van der Waals surface area contributed by atoms with E-state index in [1.54, 1.807) is 0 Å². The lowest BCUT2D eigenvalue weighted by Crippen LogP contribution is -2.64. The van der Waals surface area contributed by atoms with E-state index in [4.69, 9.17) is 23.7 Å². The van der Waals surface area contributed by atoms with Crippen molar-refractivity contribution >= 4 is 35.4 Å². The molecule has 1 aromatic heterocycles. The van der Waals surface area contributed by atoms with E-state index in [0.717, 1.165) is 46.4 Å². The molecule has 0 aromatic carbocycles. The van der Waals surface area contributed by atoms with Gasteiger partial charge in [-0.15, -0.1) is 0 Å². The number of esters is 4. The first-order valence-electron chi connectivity index (χ1n) is 10.7. The molecule has 0 bridgehead atoms. The predicted molar refractivity (Wildman–Crippen MR) is 119 cm³/mol. The van der Waals surface area contributed by atoms with Gasteiger partial charge in [0, 0.05) is 41.8 Å². The van der Waals surface area contributed by atoms with E-state index in [1.807, 2.05) is 0 Å². The SMILES string of the molecule is CC(=O)OCC1OC(Nc2c([N+](=O)[O-])c(=O)n(C)c(=O)n2C)C(OC(C)=O)C(OC(C)=O)C1OC(C)=O. The van der Waals surface area contributed by atoms with Gasteiger partial charge in [0.25, 0.3) is 0 Å². The highest BCUT2D eigenvalue weighted by Crippen LogP contribution is 2.31. The molecule has 1 aromatic rings. The fraction of sp³-hybridized carbons (Fsp3) is 0.600. The highest BCUT2D eigenvalue weighted by molar-refractivity contribution is 5.69.